The molecule has 2 heteroatoms. The van der Waals surface area contributed by atoms with E-state index in [9.17, 15) is 0 Å². The number of aromatic amines is 1. The predicted molar refractivity (Wildman–Crippen MR) is 74.4 cm³/mol. The van der Waals surface area contributed by atoms with E-state index in [1.807, 2.05) is 0 Å². The molecule has 1 aromatic heterocycles. The van der Waals surface area contributed by atoms with Crippen molar-refractivity contribution in [1.29, 1.82) is 0 Å². The lowest BCUT2D eigenvalue weighted by Crippen LogP contribution is -2.18. The first-order valence-corrected chi connectivity index (χ1v) is 6.67. The minimum Gasteiger partial charge on any atom is -0.358 e. The summed E-state index contributed by atoms with van der Waals surface area (Å²) in [5.41, 5.74) is 2.57. The Balaban J connectivity index is 1.75. The van der Waals surface area contributed by atoms with Gasteiger partial charge in [-0.05, 0) is 36.9 Å². The Bertz CT molecular complexity index is 412. The van der Waals surface area contributed by atoms with Crippen LogP contribution in [0.2, 0.25) is 0 Å². The molecule has 0 radical (unpaired) electrons. The first kappa shape index (κ1) is 12.2. The molecule has 0 amide bonds. The summed E-state index contributed by atoms with van der Waals surface area (Å²) in [6.45, 7) is 4.45. The van der Waals surface area contributed by atoms with Crippen LogP contribution in [-0.2, 0) is 6.42 Å². The second-order valence-corrected chi connectivity index (χ2v) is 4.59. The van der Waals surface area contributed by atoms with Crippen LogP contribution in [0.1, 0.15) is 31.9 Å². The minimum atomic E-state index is 1.07. The zero-order chi connectivity index (χ0) is 11.9. The fourth-order valence-electron chi connectivity index (χ4n) is 2.12. The maximum absolute atomic E-state index is 3.49. The average Bonchev–Trinajstić information content (AvgIpc) is 2.76. The lowest BCUT2D eigenvalue weighted by Gasteiger charge is -2.02. The molecule has 0 fully saturated rings. The van der Waals surface area contributed by atoms with Gasteiger partial charge in [-0.2, -0.15) is 0 Å². The Hall–Kier alpha value is -1.28. The average molecular weight is 230 g/mol. The minimum absolute atomic E-state index is 1.07. The SMILES string of the molecule is CCCCCNCCc1cc2ccccc2[nH]1. The first-order valence-electron chi connectivity index (χ1n) is 6.67. The predicted octanol–water partition coefficient (Wildman–Crippen LogP) is 3.49. The van der Waals surface area contributed by atoms with Crippen molar-refractivity contribution in [3.05, 3.63) is 36.0 Å². The third-order valence-corrected chi connectivity index (χ3v) is 3.11. The number of para-hydroxylation sites is 1. The molecular formula is C15H22N2. The largest absolute Gasteiger partial charge is 0.358 e. The Kier molecular flexibility index (Phi) is 4.63. The van der Waals surface area contributed by atoms with Crippen molar-refractivity contribution in [2.24, 2.45) is 0 Å². The molecule has 0 aliphatic carbocycles. The van der Waals surface area contributed by atoms with Gasteiger partial charge in [0.05, 0.1) is 0 Å². The Morgan fingerprint density at radius 2 is 2.00 bits per heavy atom. The van der Waals surface area contributed by atoms with Gasteiger partial charge < -0.3 is 10.3 Å². The van der Waals surface area contributed by atoms with Crippen molar-refractivity contribution in [2.45, 2.75) is 32.6 Å². The van der Waals surface area contributed by atoms with Crippen molar-refractivity contribution in [2.75, 3.05) is 13.1 Å². The molecule has 2 rings (SSSR count). The quantitative estimate of drug-likeness (QED) is 0.700. The third kappa shape index (κ3) is 3.60. The highest BCUT2D eigenvalue weighted by Crippen LogP contribution is 2.14. The van der Waals surface area contributed by atoms with Gasteiger partial charge in [0.15, 0.2) is 0 Å². The van der Waals surface area contributed by atoms with Crippen LogP contribution in [0, 0.1) is 0 Å². The number of H-pyrrole nitrogens is 1. The lowest BCUT2D eigenvalue weighted by atomic mass is 10.2. The van der Waals surface area contributed by atoms with Crippen molar-refractivity contribution < 1.29 is 0 Å². The van der Waals surface area contributed by atoms with E-state index in [4.69, 9.17) is 0 Å². The molecule has 2 N–H and O–H groups in total. The summed E-state index contributed by atoms with van der Waals surface area (Å²) in [6.07, 6.45) is 5.01. The van der Waals surface area contributed by atoms with Crippen LogP contribution < -0.4 is 5.32 Å². The number of hydrogen-bond donors (Lipinski definition) is 2. The Morgan fingerprint density at radius 1 is 1.12 bits per heavy atom. The van der Waals surface area contributed by atoms with Crippen molar-refractivity contribution >= 4 is 10.9 Å². The molecular weight excluding hydrogens is 208 g/mol. The number of aromatic nitrogens is 1. The molecule has 17 heavy (non-hydrogen) atoms. The fraction of sp³-hybridized carbons (Fsp3) is 0.467. The molecule has 0 unspecified atom stereocenters. The fourth-order valence-corrected chi connectivity index (χ4v) is 2.12. The number of benzene rings is 1. The first-order chi connectivity index (χ1) is 8.40. The van der Waals surface area contributed by atoms with E-state index in [1.165, 1.54) is 35.9 Å². The topological polar surface area (TPSA) is 27.8 Å². The van der Waals surface area contributed by atoms with E-state index in [0.29, 0.717) is 0 Å². The molecule has 0 saturated heterocycles. The van der Waals surface area contributed by atoms with Gasteiger partial charge in [-0.1, -0.05) is 38.0 Å². The van der Waals surface area contributed by atoms with E-state index in [-0.39, 0.29) is 0 Å². The van der Waals surface area contributed by atoms with Crippen LogP contribution in [-0.4, -0.2) is 18.1 Å². The van der Waals surface area contributed by atoms with Gasteiger partial charge in [0.25, 0.3) is 0 Å². The summed E-state index contributed by atoms with van der Waals surface area (Å²) in [7, 11) is 0. The Labute approximate surface area is 103 Å². The number of nitrogens with one attached hydrogen (secondary N) is 2. The lowest BCUT2D eigenvalue weighted by molar-refractivity contribution is 0.615. The van der Waals surface area contributed by atoms with Gasteiger partial charge in [0.2, 0.25) is 0 Å². The highest BCUT2D eigenvalue weighted by molar-refractivity contribution is 5.80. The second kappa shape index (κ2) is 6.45. The summed E-state index contributed by atoms with van der Waals surface area (Å²) < 4.78 is 0. The molecule has 0 bridgehead atoms. The van der Waals surface area contributed by atoms with E-state index in [1.54, 1.807) is 0 Å². The van der Waals surface area contributed by atoms with Crippen LogP contribution in [0.5, 0.6) is 0 Å². The molecule has 0 aliphatic heterocycles. The summed E-state index contributed by atoms with van der Waals surface area (Å²) in [4.78, 5) is 3.46. The zero-order valence-electron chi connectivity index (χ0n) is 10.6. The number of unbranched alkanes of at least 4 members (excludes halogenated alkanes) is 2. The summed E-state index contributed by atoms with van der Waals surface area (Å²) in [6, 6.07) is 10.7. The summed E-state index contributed by atoms with van der Waals surface area (Å²) >= 11 is 0. The van der Waals surface area contributed by atoms with Gasteiger partial charge in [0, 0.05) is 17.8 Å². The van der Waals surface area contributed by atoms with Gasteiger partial charge in [-0.25, -0.2) is 0 Å². The van der Waals surface area contributed by atoms with Crippen LogP contribution in [0.3, 0.4) is 0 Å². The molecule has 2 aromatic rings. The molecule has 1 heterocycles. The van der Waals surface area contributed by atoms with E-state index < -0.39 is 0 Å². The van der Waals surface area contributed by atoms with Gasteiger partial charge in [-0.15, -0.1) is 0 Å². The van der Waals surface area contributed by atoms with Gasteiger partial charge >= 0.3 is 0 Å². The van der Waals surface area contributed by atoms with Crippen molar-refractivity contribution in [3.63, 3.8) is 0 Å². The number of fused-ring (bicyclic) bond motifs is 1. The van der Waals surface area contributed by atoms with Crippen LogP contribution >= 0.6 is 0 Å². The van der Waals surface area contributed by atoms with Crippen LogP contribution in [0.25, 0.3) is 10.9 Å². The van der Waals surface area contributed by atoms with Crippen LogP contribution in [0.15, 0.2) is 30.3 Å². The maximum Gasteiger partial charge on any atom is 0.0456 e. The normalized spacial score (nSPS) is 11.1. The molecule has 0 atom stereocenters. The molecule has 0 saturated carbocycles. The maximum atomic E-state index is 3.49. The Morgan fingerprint density at radius 3 is 2.82 bits per heavy atom. The highest BCUT2D eigenvalue weighted by atomic mass is 14.8. The van der Waals surface area contributed by atoms with Crippen LogP contribution in [0.4, 0.5) is 0 Å². The number of hydrogen-bond acceptors (Lipinski definition) is 1. The van der Waals surface area contributed by atoms with E-state index in [0.717, 1.165) is 19.5 Å². The zero-order valence-corrected chi connectivity index (χ0v) is 10.6. The molecule has 0 spiro atoms. The second-order valence-electron chi connectivity index (χ2n) is 4.59. The standard InChI is InChI=1S/C15H22N2/c1-2-3-6-10-16-11-9-14-12-13-7-4-5-8-15(13)17-14/h4-5,7-8,12,16-17H,2-3,6,9-11H2,1H3. The van der Waals surface area contributed by atoms with Gasteiger partial charge in [-0.3, -0.25) is 0 Å². The van der Waals surface area contributed by atoms with E-state index in [2.05, 4.69) is 47.6 Å². The monoisotopic (exact) mass is 230 g/mol. The highest BCUT2D eigenvalue weighted by Gasteiger charge is 1.99. The smallest absolute Gasteiger partial charge is 0.0456 e. The molecule has 1 aromatic carbocycles. The van der Waals surface area contributed by atoms with E-state index >= 15 is 0 Å². The van der Waals surface area contributed by atoms with Gasteiger partial charge in [0.1, 0.15) is 0 Å². The number of rotatable bonds is 7. The molecule has 2 nitrogen and oxygen atoms in total. The molecule has 92 valence electrons. The molecule has 0 aliphatic rings. The van der Waals surface area contributed by atoms with Crippen molar-refractivity contribution in [1.82, 2.24) is 10.3 Å². The van der Waals surface area contributed by atoms with Crippen molar-refractivity contribution in [3.8, 4) is 0 Å². The summed E-state index contributed by atoms with van der Waals surface area (Å²) in [5, 5.41) is 4.81. The third-order valence-electron chi connectivity index (χ3n) is 3.11. The summed E-state index contributed by atoms with van der Waals surface area (Å²) in [5.74, 6) is 0.